The molecule has 0 radical (unpaired) electrons. The van der Waals surface area contributed by atoms with Crippen LogP contribution in [0.5, 0.6) is 0 Å². The number of halogens is 2. The van der Waals surface area contributed by atoms with Crippen molar-refractivity contribution in [2.45, 2.75) is 18.9 Å². The Kier molecular flexibility index (Phi) is 8.96. The molecule has 1 heterocycles. The predicted molar refractivity (Wildman–Crippen MR) is 115 cm³/mol. The highest BCUT2D eigenvalue weighted by atomic mass is 35.5. The number of benzene rings is 1. The van der Waals surface area contributed by atoms with Gasteiger partial charge in [0.2, 0.25) is 0 Å². The van der Waals surface area contributed by atoms with Crippen molar-refractivity contribution < 1.29 is 4.92 Å². The van der Waals surface area contributed by atoms with Gasteiger partial charge in [0.1, 0.15) is 0 Å². The van der Waals surface area contributed by atoms with E-state index < -0.39 is 0 Å². The second-order valence-electron chi connectivity index (χ2n) is 6.73. The van der Waals surface area contributed by atoms with E-state index >= 15 is 0 Å². The lowest BCUT2D eigenvalue weighted by atomic mass is 9.82. The fourth-order valence-corrected chi connectivity index (χ4v) is 3.30. The molecule has 1 aliphatic carbocycles. The van der Waals surface area contributed by atoms with Gasteiger partial charge in [-0.05, 0) is 39.5 Å². The molecule has 6 nitrogen and oxygen atoms in total. The minimum Gasteiger partial charge on any atom is -0.377 e. The molecule has 1 N–H and O–H groups in total. The first kappa shape index (κ1) is 23.1. The van der Waals surface area contributed by atoms with Crippen molar-refractivity contribution >= 4 is 36.2 Å². The van der Waals surface area contributed by atoms with Crippen molar-refractivity contribution in [1.82, 2.24) is 4.90 Å². The predicted octanol–water partition coefficient (Wildman–Crippen LogP) is 3.80. The van der Waals surface area contributed by atoms with Crippen molar-refractivity contribution in [3.63, 3.8) is 0 Å². The molecule has 1 aliphatic heterocycles. The molecule has 0 amide bonds. The lowest BCUT2D eigenvalue weighted by molar-refractivity contribution is -0.419. The molecule has 8 heteroatoms. The zero-order valence-electron chi connectivity index (χ0n) is 15.5. The zero-order chi connectivity index (χ0) is 17.8. The molecule has 3 rings (SSSR count). The van der Waals surface area contributed by atoms with Gasteiger partial charge in [0.15, 0.2) is 0 Å². The molecule has 0 spiro atoms. The first-order valence-corrected chi connectivity index (χ1v) is 8.65. The summed E-state index contributed by atoms with van der Waals surface area (Å²) in [5.74, 6) is 0.0347. The maximum atomic E-state index is 11.1. The van der Waals surface area contributed by atoms with Gasteiger partial charge in [0, 0.05) is 35.9 Å². The summed E-state index contributed by atoms with van der Waals surface area (Å²) in [7, 11) is 4.15. The van der Waals surface area contributed by atoms with E-state index in [2.05, 4.69) is 30.4 Å². The van der Waals surface area contributed by atoms with Gasteiger partial charge in [-0.1, -0.05) is 24.3 Å². The first-order chi connectivity index (χ1) is 12.1. The minimum atomic E-state index is -0.340. The second kappa shape index (κ2) is 10.4. The quantitative estimate of drug-likeness (QED) is 0.438. The summed E-state index contributed by atoms with van der Waals surface area (Å²) in [5, 5.41) is 14.5. The van der Waals surface area contributed by atoms with Gasteiger partial charge in [0.25, 0.3) is 5.70 Å². The van der Waals surface area contributed by atoms with Crippen molar-refractivity contribution in [2.24, 2.45) is 10.9 Å². The summed E-state index contributed by atoms with van der Waals surface area (Å²) in [5.41, 5.74) is 3.25. The number of nitro groups is 1. The van der Waals surface area contributed by atoms with Gasteiger partial charge < -0.3 is 10.2 Å². The van der Waals surface area contributed by atoms with Crippen molar-refractivity contribution in [3.05, 3.63) is 63.9 Å². The Labute approximate surface area is 172 Å². The van der Waals surface area contributed by atoms with Gasteiger partial charge >= 0.3 is 0 Å². The Morgan fingerprint density at radius 1 is 1.22 bits per heavy atom. The van der Waals surface area contributed by atoms with Crippen LogP contribution in [-0.4, -0.2) is 48.8 Å². The van der Waals surface area contributed by atoms with E-state index in [1.54, 1.807) is 12.2 Å². The maximum absolute atomic E-state index is 11.1. The normalized spacial score (nSPS) is 21.3. The molecule has 1 aromatic rings. The Hall–Kier alpha value is -1.89. The molecule has 2 atom stereocenters. The van der Waals surface area contributed by atoms with Crippen LogP contribution < -0.4 is 5.32 Å². The Bertz CT molecular complexity index is 747. The topological polar surface area (TPSA) is 70.8 Å². The number of nitrogens with one attached hydrogen (secondary N) is 1. The van der Waals surface area contributed by atoms with E-state index in [0.717, 1.165) is 42.9 Å². The number of hydrogen-bond acceptors (Lipinski definition) is 5. The molecule has 2 unspecified atom stereocenters. The number of hydrogen-bond donors (Lipinski definition) is 1. The molecular formula is C19H26Cl2N4O2. The largest absolute Gasteiger partial charge is 0.377 e. The fourth-order valence-electron chi connectivity index (χ4n) is 3.30. The Morgan fingerprint density at radius 2 is 1.96 bits per heavy atom. The summed E-state index contributed by atoms with van der Waals surface area (Å²) in [6.45, 7) is 1.84. The highest BCUT2D eigenvalue weighted by Crippen LogP contribution is 2.33. The van der Waals surface area contributed by atoms with Crippen molar-refractivity contribution in [3.8, 4) is 0 Å². The summed E-state index contributed by atoms with van der Waals surface area (Å²) in [4.78, 5) is 17.8. The molecule has 148 valence electrons. The molecule has 0 saturated heterocycles. The third-order valence-electron chi connectivity index (χ3n) is 4.56. The van der Waals surface area contributed by atoms with Gasteiger partial charge in [-0.15, -0.1) is 24.8 Å². The number of unbranched alkanes of at least 4 members (excludes halogenated alkanes) is 1. The first-order valence-electron chi connectivity index (χ1n) is 8.65. The smallest absolute Gasteiger partial charge is 0.267 e. The number of allylic oxidation sites excluding steroid dienone is 1. The Balaban J connectivity index is 0.00000182. The maximum Gasteiger partial charge on any atom is 0.267 e. The molecule has 0 saturated carbocycles. The number of aliphatic imine (C=N–C) groups is 1. The van der Waals surface area contributed by atoms with E-state index in [1.165, 1.54) is 0 Å². The van der Waals surface area contributed by atoms with Crippen LogP contribution in [0, 0.1) is 16.0 Å². The summed E-state index contributed by atoms with van der Waals surface area (Å²) < 4.78 is 0. The number of fused-ring (bicyclic) bond motifs is 2. The minimum absolute atomic E-state index is 0. The summed E-state index contributed by atoms with van der Waals surface area (Å²) in [6, 6.07) is 7.93. The lowest BCUT2D eigenvalue weighted by Gasteiger charge is -2.34. The molecule has 0 aromatic heterocycles. The van der Waals surface area contributed by atoms with Crippen molar-refractivity contribution in [2.75, 3.05) is 32.5 Å². The summed E-state index contributed by atoms with van der Waals surface area (Å²) in [6.07, 6.45) is 7.35. The van der Waals surface area contributed by atoms with E-state index in [-0.39, 0.29) is 47.4 Å². The van der Waals surface area contributed by atoms with Gasteiger partial charge in [-0.25, -0.2) is 0 Å². The lowest BCUT2D eigenvalue weighted by Crippen LogP contribution is -2.39. The fraction of sp³-hybridized carbons (Fsp3) is 0.421. The summed E-state index contributed by atoms with van der Waals surface area (Å²) >= 11 is 0. The average molecular weight is 413 g/mol. The molecule has 0 fully saturated rings. The third-order valence-corrected chi connectivity index (χ3v) is 4.56. The van der Waals surface area contributed by atoms with E-state index in [0.29, 0.717) is 0 Å². The number of rotatable bonds is 6. The van der Waals surface area contributed by atoms with Gasteiger partial charge in [-0.2, -0.15) is 0 Å². The number of nitrogens with zero attached hydrogens (tertiary/aromatic N) is 3. The van der Waals surface area contributed by atoms with Gasteiger partial charge in [0.05, 0.1) is 16.7 Å². The van der Waals surface area contributed by atoms with Crippen molar-refractivity contribution in [1.29, 1.82) is 0 Å². The van der Waals surface area contributed by atoms with Crippen LogP contribution >= 0.6 is 24.8 Å². The molecule has 1 aromatic carbocycles. The van der Waals surface area contributed by atoms with Crippen LogP contribution in [0.2, 0.25) is 0 Å². The van der Waals surface area contributed by atoms with Crippen LogP contribution in [0.4, 0.5) is 5.69 Å². The monoisotopic (exact) mass is 412 g/mol. The van der Waals surface area contributed by atoms with E-state index in [9.17, 15) is 10.1 Å². The molecule has 27 heavy (non-hydrogen) atoms. The number of anilines is 1. The van der Waals surface area contributed by atoms with Crippen LogP contribution in [-0.2, 0) is 0 Å². The SMILES string of the molecule is CN(C)CCCCN=C1c2ccccc2NC2C=C([N+](=O)[O-])C=CC12.Cl.Cl. The van der Waals surface area contributed by atoms with Gasteiger partial charge in [-0.3, -0.25) is 15.1 Å². The van der Waals surface area contributed by atoms with Crippen LogP contribution in [0.15, 0.2) is 53.2 Å². The average Bonchev–Trinajstić information content (AvgIpc) is 2.59. The van der Waals surface area contributed by atoms with E-state index in [4.69, 9.17) is 4.99 Å². The Morgan fingerprint density at radius 3 is 2.67 bits per heavy atom. The highest BCUT2D eigenvalue weighted by molar-refractivity contribution is 6.10. The highest BCUT2D eigenvalue weighted by Gasteiger charge is 2.34. The standard InChI is InChI=1S/C19H24N4O2.2ClH/c1-22(2)12-6-5-11-20-19-15-7-3-4-8-17(15)21-18-13-14(23(24)25)9-10-16(18)19;;/h3-4,7-10,13,16,18,21H,5-6,11-12H2,1-2H3;2*1H. The van der Waals surface area contributed by atoms with Crippen LogP contribution in [0.25, 0.3) is 0 Å². The molecular weight excluding hydrogens is 387 g/mol. The molecule has 2 aliphatic rings. The molecule has 0 bridgehead atoms. The second-order valence-corrected chi connectivity index (χ2v) is 6.73. The zero-order valence-corrected chi connectivity index (χ0v) is 17.1. The van der Waals surface area contributed by atoms with E-state index in [1.807, 2.05) is 24.3 Å². The van der Waals surface area contributed by atoms with Crippen LogP contribution in [0.1, 0.15) is 18.4 Å². The van der Waals surface area contributed by atoms with Crippen LogP contribution in [0.3, 0.4) is 0 Å². The number of para-hydroxylation sites is 1. The third kappa shape index (κ3) is 5.54.